The van der Waals surface area contributed by atoms with Crippen molar-refractivity contribution >= 4 is 23.8 Å². The SMILES string of the molecule is C=Cc1cccc([C@@H](C)NC(=O)[C@@H]2CCCN(C(=O)[C@H](C)NC(=O)C(O)C(C)C)N2)c1. The molecule has 1 saturated heterocycles. The van der Waals surface area contributed by atoms with Gasteiger partial charge >= 0.3 is 0 Å². The van der Waals surface area contributed by atoms with Crippen molar-refractivity contribution in [3.63, 3.8) is 0 Å². The lowest BCUT2D eigenvalue weighted by Crippen LogP contribution is -2.61. The number of carbonyl (C=O) groups is 3. The van der Waals surface area contributed by atoms with E-state index in [9.17, 15) is 19.5 Å². The first kappa shape index (κ1) is 24.6. The number of aliphatic hydroxyl groups is 1. The first-order valence-electron chi connectivity index (χ1n) is 10.7. The number of amides is 3. The quantitative estimate of drug-likeness (QED) is 0.500. The van der Waals surface area contributed by atoms with Gasteiger partial charge in [-0.15, -0.1) is 0 Å². The minimum atomic E-state index is -1.18. The number of carbonyl (C=O) groups excluding carboxylic acids is 3. The third-order valence-corrected chi connectivity index (χ3v) is 5.40. The lowest BCUT2D eigenvalue weighted by Gasteiger charge is -2.35. The van der Waals surface area contributed by atoms with Gasteiger partial charge in [0.2, 0.25) is 11.8 Å². The summed E-state index contributed by atoms with van der Waals surface area (Å²) in [5.41, 5.74) is 4.92. The lowest BCUT2D eigenvalue weighted by atomic mass is 10.0. The van der Waals surface area contributed by atoms with Crippen molar-refractivity contribution in [1.29, 1.82) is 0 Å². The molecule has 0 spiro atoms. The van der Waals surface area contributed by atoms with Crippen molar-refractivity contribution in [2.24, 2.45) is 5.92 Å². The van der Waals surface area contributed by atoms with Crippen molar-refractivity contribution in [2.75, 3.05) is 6.54 Å². The monoisotopic (exact) mass is 430 g/mol. The summed E-state index contributed by atoms with van der Waals surface area (Å²) in [5, 5.41) is 16.8. The summed E-state index contributed by atoms with van der Waals surface area (Å²) >= 11 is 0. The molecule has 1 heterocycles. The fourth-order valence-electron chi connectivity index (χ4n) is 3.38. The number of hydrazine groups is 1. The van der Waals surface area contributed by atoms with Gasteiger partial charge in [0.25, 0.3) is 5.91 Å². The van der Waals surface area contributed by atoms with Gasteiger partial charge in [-0.3, -0.25) is 19.4 Å². The van der Waals surface area contributed by atoms with Crippen molar-refractivity contribution in [1.82, 2.24) is 21.1 Å². The first-order valence-corrected chi connectivity index (χ1v) is 10.7. The Kier molecular flexibility index (Phi) is 8.76. The molecule has 170 valence electrons. The second-order valence-electron chi connectivity index (χ2n) is 8.34. The maximum Gasteiger partial charge on any atom is 0.258 e. The second kappa shape index (κ2) is 11.1. The van der Waals surface area contributed by atoms with Gasteiger partial charge in [0.15, 0.2) is 0 Å². The van der Waals surface area contributed by atoms with Crippen LogP contribution in [0.25, 0.3) is 6.08 Å². The van der Waals surface area contributed by atoms with E-state index in [1.807, 2.05) is 31.2 Å². The molecule has 0 aromatic heterocycles. The van der Waals surface area contributed by atoms with E-state index in [0.717, 1.165) is 11.1 Å². The van der Waals surface area contributed by atoms with E-state index in [1.165, 1.54) is 5.01 Å². The molecule has 0 aliphatic carbocycles. The summed E-state index contributed by atoms with van der Waals surface area (Å²) in [7, 11) is 0. The van der Waals surface area contributed by atoms with Gasteiger partial charge in [-0.25, -0.2) is 5.43 Å². The Morgan fingerprint density at radius 3 is 2.58 bits per heavy atom. The number of nitrogens with one attached hydrogen (secondary N) is 3. The third-order valence-electron chi connectivity index (χ3n) is 5.40. The van der Waals surface area contributed by atoms with Gasteiger partial charge in [0.05, 0.1) is 6.04 Å². The number of hydrogen-bond acceptors (Lipinski definition) is 5. The highest BCUT2D eigenvalue weighted by Crippen LogP contribution is 2.16. The van der Waals surface area contributed by atoms with Crippen LogP contribution in [0, 0.1) is 5.92 Å². The zero-order valence-corrected chi connectivity index (χ0v) is 18.7. The summed E-state index contributed by atoms with van der Waals surface area (Å²) in [4.78, 5) is 37.6. The molecule has 31 heavy (non-hydrogen) atoms. The Labute approximate surface area is 184 Å². The smallest absolute Gasteiger partial charge is 0.258 e. The van der Waals surface area contributed by atoms with Crippen LogP contribution in [0.15, 0.2) is 30.8 Å². The van der Waals surface area contributed by atoms with Gasteiger partial charge in [-0.1, -0.05) is 44.7 Å². The minimum absolute atomic E-state index is 0.194. The lowest BCUT2D eigenvalue weighted by molar-refractivity contribution is -0.144. The molecule has 1 unspecified atom stereocenters. The van der Waals surface area contributed by atoms with E-state index in [-0.39, 0.29) is 23.8 Å². The van der Waals surface area contributed by atoms with Crippen LogP contribution in [0.4, 0.5) is 0 Å². The predicted molar refractivity (Wildman–Crippen MR) is 119 cm³/mol. The van der Waals surface area contributed by atoms with E-state index in [1.54, 1.807) is 26.8 Å². The van der Waals surface area contributed by atoms with Gasteiger partial charge in [0.1, 0.15) is 18.2 Å². The molecule has 0 saturated carbocycles. The summed E-state index contributed by atoms with van der Waals surface area (Å²) in [6, 6.07) is 6.20. The van der Waals surface area contributed by atoms with Crippen LogP contribution in [0.2, 0.25) is 0 Å². The maximum absolute atomic E-state index is 12.8. The zero-order chi connectivity index (χ0) is 23.1. The van der Waals surface area contributed by atoms with Crippen LogP contribution < -0.4 is 16.1 Å². The molecule has 0 radical (unpaired) electrons. The zero-order valence-electron chi connectivity index (χ0n) is 18.7. The molecular formula is C23H34N4O4. The molecule has 0 bridgehead atoms. The normalized spacial score (nSPS) is 19.3. The first-order chi connectivity index (χ1) is 14.6. The van der Waals surface area contributed by atoms with E-state index < -0.39 is 24.1 Å². The summed E-state index contributed by atoms with van der Waals surface area (Å²) in [5.74, 6) is -1.38. The summed E-state index contributed by atoms with van der Waals surface area (Å²) in [6.45, 7) is 11.1. The Hall–Kier alpha value is -2.71. The third kappa shape index (κ3) is 6.63. The molecule has 1 fully saturated rings. The molecule has 1 aliphatic heterocycles. The molecule has 1 aromatic rings. The molecule has 4 N–H and O–H groups in total. The fraction of sp³-hybridized carbons (Fsp3) is 0.522. The molecule has 1 aromatic carbocycles. The number of nitrogens with zero attached hydrogens (tertiary/aromatic N) is 1. The van der Waals surface area contributed by atoms with E-state index in [0.29, 0.717) is 19.4 Å². The van der Waals surface area contributed by atoms with Crippen molar-refractivity contribution < 1.29 is 19.5 Å². The largest absolute Gasteiger partial charge is 0.383 e. The van der Waals surface area contributed by atoms with Gasteiger partial charge in [-0.05, 0) is 49.8 Å². The number of hydrogen-bond donors (Lipinski definition) is 4. The standard InChI is InChI=1S/C23H34N4O4/c1-6-17-9-7-10-18(13-17)15(4)24-21(29)19-11-8-12-27(26-19)23(31)16(5)25-22(30)20(28)14(2)3/h6-7,9-10,13-16,19-20,26,28H,1,8,11-12H2,2-5H3,(H,24,29)(H,25,30)/t15-,16+,19+,20?/m1/s1. The topological polar surface area (TPSA) is 111 Å². The predicted octanol–water partition coefficient (Wildman–Crippen LogP) is 1.52. The average molecular weight is 431 g/mol. The fourth-order valence-corrected chi connectivity index (χ4v) is 3.38. The summed E-state index contributed by atoms with van der Waals surface area (Å²) in [6.07, 6.45) is 1.84. The molecular weight excluding hydrogens is 396 g/mol. The van der Waals surface area contributed by atoms with Crippen molar-refractivity contribution in [3.8, 4) is 0 Å². The van der Waals surface area contributed by atoms with Gasteiger partial charge in [0, 0.05) is 6.54 Å². The Morgan fingerprint density at radius 2 is 1.94 bits per heavy atom. The summed E-state index contributed by atoms with van der Waals surface area (Å²) < 4.78 is 0. The highest BCUT2D eigenvalue weighted by molar-refractivity contribution is 5.89. The van der Waals surface area contributed by atoms with Crippen LogP contribution in [-0.4, -0.2) is 52.6 Å². The van der Waals surface area contributed by atoms with Crippen LogP contribution in [0.1, 0.15) is 57.7 Å². The number of aliphatic hydroxyl groups excluding tert-OH is 1. The van der Waals surface area contributed by atoms with E-state index >= 15 is 0 Å². The molecule has 8 nitrogen and oxygen atoms in total. The van der Waals surface area contributed by atoms with Crippen molar-refractivity contribution in [3.05, 3.63) is 42.0 Å². The Morgan fingerprint density at radius 1 is 1.23 bits per heavy atom. The van der Waals surface area contributed by atoms with Crippen LogP contribution in [-0.2, 0) is 14.4 Å². The molecule has 1 aliphatic rings. The molecule has 4 atom stereocenters. The molecule has 3 amide bonds. The Bertz CT molecular complexity index is 811. The molecule has 2 rings (SSSR count). The second-order valence-corrected chi connectivity index (χ2v) is 8.34. The molecule has 8 heteroatoms. The number of rotatable bonds is 8. The highest BCUT2D eigenvalue weighted by atomic mass is 16.3. The van der Waals surface area contributed by atoms with Gasteiger partial charge in [-0.2, -0.15) is 0 Å². The van der Waals surface area contributed by atoms with E-state index in [2.05, 4.69) is 22.6 Å². The van der Waals surface area contributed by atoms with E-state index in [4.69, 9.17) is 0 Å². The van der Waals surface area contributed by atoms with Crippen molar-refractivity contribution in [2.45, 2.75) is 64.8 Å². The van der Waals surface area contributed by atoms with Crippen LogP contribution >= 0.6 is 0 Å². The minimum Gasteiger partial charge on any atom is -0.383 e. The van der Waals surface area contributed by atoms with Gasteiger partial charge < -0.3 is 15.7 Å². The van der Waals surface area contributed by atoms with Crippen LogP contribution in [0.3, 0.4) is 0 Å². The average Bonchev–Trinajstić information content (AvgIpc) is 2.77. The Balaban J connectivity index is 1.94. The highest BCUT2D eigenvalue weighted by Gasteiger charge is 2.32. The maximum atomic E-state index is 12.8. The number of benzene rings is 1. The van der Waals surface area contributed by atoms with Crippen LogP contribution in [0.5, 0.6) is 0 Å².